The summed E-state index contributed by atoms with van der Waals surface area (Å²) in [6, 6.07) is 21.9. The summed E-state index contributed by atoms with van der Waals surface area (Å²) in [5.74, 6) is 0.469. The van der Waals surface area contributed by atoms with Crippen LogP contribution in [-0.4, -0.2) is 5.71 Å². The van der Waals surface area contributed by atoms with E-state index in [1.165, 1.54) is 68.5 Å². The van der Waals surface area contributed by atoms with E-state index < -0.39 is 0 Å². The van der Waals surface area contributed by atoms with Crippen molar-refractivity contribution in [1.82, 2.24) is 0 Å². The Kier molecular flexibility index (Phi) is 28.5. The van der Waals surface area contributed by atoms with Gasteiger partial charge < -0.3 is 0 Å². The summed E-state index contributed by atoms with van der Waals surface area (Å²) in [5, 5.41) is 0. The standard InChI is InChI=1S/C23H31N.C12H16.C10H14.C4H10.C2H6/c1-9-17(4)11-10-12-20(7)24-23(16(2)3)21(8)22-14-13-18(5)19(6)15-22;1-4-10(3)12-8-6-7-11(5-2)9-12;1-4-10-6-5-8(2)9(3)7-10;1-3-4-2;1-2/h10-15H,2,9H2,1,3-8H3;4,6-10H,1,5H2,2-3H3;5-7H,4H2,1-3H3;3-4H2,1-2H3;1-2H3/b12-10-,17-11+,23-21+,24-20-;;;;. The molecule has 1 atom stereocenters. The SMILES string of the molecule is C=C(C)C(/N=C(C)\C=C/C=C(\C)CC)=C(/C)c1ccc(C)c(C)c1.C=CC(C)c1cccc(CC)c1.CC.CCCC.CCc1ccc(C)c(C)c1. The highest BCUT2D eigenvalue weighted by molar-refractivity contribution is 5.95. The van der Waals surface area contributed by atoms with Crippen molar-refractivity contribution < 1.29 is 0 Å². The minimum Gasteiger partial charge on any atom is -0.253 e. The molecule has 0 saturated heterocycles. The lowest BCUT2D eigenvalue weighted by molar-refractivity contribution is 0.886. The molecule has 0 aliphatic heterocycles. The molecule has 286 valence electrons. The van der Waals surface area contributed by atoms with Crippen LogP contribution in [0.25, 0.3) is 5.57 Å². The first kappa shape index (κ1) is 50.1. The lowest BCUT2D eigenvalue weighted by atomic mass is 9.98. The van der Waals surface area contributed by atoms with Crippen LogP contribution in [-0.2, 0) is 12.8 Å². The largest absolute Gasteiger partial charge is 0.253 e. The first-order valence-electron chi connectivity index (χ1n) is 19.8. The lowest BCUT2D eigenvalue weighted by Crippen LogP contribution is -1.94. The minimum absolute atomic E-state index is 0.469. The van der Waals surface area contributed by atoms with Gasteiger partial charge in [0.1, 0.15) is 0 Å². The van der Waals surface area contributed by atoms with Crippen molar-refractivity contribution in [2.24, 2.45) is 4.99 Å². The Labute approximate surface area is 323 Å². The van der Waals surface area contributed by atoms with E-state index in [2.05, 4.69) is 175 Å². The second-order valence-electron chi connectivity index (χ2n) is 13.4. The molecule has 1 unspecified atom stereocenters. The maximum atomic E-state index is 4.81. The Morgan fingerprint density at radius 1 is 0.712 bits per heavy atom. The summed E-state index contributed by atoms with van der Waals surface area (Å²) in [4.78, 5) is 4.81. The van der Waals surface area contributed by atoms with Gasteiger partial charge in [-0.3, -0.25) is 4.99 Å². The number of aliphatic imine (C=N–C) groups is 1. The van der Waals surface area contributed by atoms with E-state index in [0.29, 0.717) is 5.92 Å². The van der Waals surface area contributed by atoms with Crippen LogP contribution in [0, 0.1) is 27.7 Å². The van der Waals surface area contributed by atoms with Gasteiger partial charge in [0.05, 0.1) is 5.70 Å². The average molecular weight is 704 g/mol. The molecule has 3 aromatic carbocycles. The van der Waals surface area contributed by atoms with E-state index >= 15 is 0 Å². The molecular formula is C51H77N. The maximum Gasteiger partial charge on any atom is 0.0691 e. The highest BCUT2D eigenvalue weighted by atomic mass is 14.8. The van der Waals surface area contributed by atoms with Crippen molar-refractivity contribution in [1.29, 1.82) is 0 Å². The maximum absolute atomic E-state index is 4.81. The van der Waals surface area contributed by atoms with E-state index in [-0.39, 0.29) is 0 Å². The molecule has 3 aromatic rings. The first-order chi connectivity index (χ1) is 24.7. The summed E-state index contributed by atoms with van der Waals surface area (Å²) in [5.41, 5.74) is 16.3. The summed E-state index contributed by atoms with van der Waals surface area (Å²) < 4.78 is 0. The topological polar surface area (TPSA) is 12.4 Å². The van der Waals surface area contributed by atoms with Crippen LogP contribution < -0.4 is 0 Å². The number of unbranched alkanes of at least 4 members (excludes halogenated alkanes) is 1. The van der Waals surface area contributed by atoms with Crippen molar-refractivity contribution in [3.8, 4) is 0 Å². The molecule has 0 N–H and O–H groups in total. The van der Waals surface area contributed by atoms with Gasteiger partial charge in [-0.1, -0.05) is 159 Å². The van der Waals surface area contributed by atoms with Gasteiger partial charge in [-0.15, -0.1) is 6.58 Å². The van der Waals surface area contributed by atoms with Crippen LogP contribution in [0.2, 0.25) is 0 Å². The summed E-state index contributed by atoms with van der Waals surface area (Å²) in [6.45, 7) is 41.9. The Morgan fingerprint density at radius 3 is 1.71 bits per heavy atom. The fraction of sp³-hybridized carbons (Fsp3) is 0.431. The molecule has 0 aliphatic rings. The van der Waals surface area contributed by atoms with Crippen LogP contribution in [0.15, 0.2) is 120 Å². The molecule has 52 heavy (non-hydrogen) atoms. The Hall–Kier alpha value is -3.97. The van der Waals surface area contributed by atoms with Gasteiger partial charge in [-0.05, 0) is 142 Å². The summed E-state index contributed by atoms with van der Waals surface area (Å²) >= 11 is 0. The number of hydrogen-bond acceptors (Lipinski definition) is 1. The number of nitrogens with zero attached hydrogens (tertiary/aromatic N) is 1. The van der Waals surface area contributed by atoms with E-state index in [0.717, 1.165) is 36.2 Å². The van der Waals surface area contributed by atoms with E-state index in [4.69, 9.17) is 4.99 Å². The zero-order chi connectivity index (χ0) is 40.2. The molecule has 0 aliphatic carbocycles. The van der Waals surface area contributed by atoms with Gasteiger partial charge in [0.2, 0.25) is 0 Å². The molecule has 0 aromatic heterocycles. The Balaban J connectivity index is 0. The van der Waals surface area contributed by atoms with Crippen molar-refractivity contribution in [3.05, 3.63) is 159 Å². The predicted molar refractivity (Wildman–Crippen MR) is 241 cm³/mol. The van der Waals surface area contributed by atoms with Crippen molar-refractivity contribution >= 4 is 11.3 Å². The fourth-order valence-electron chi connectivity index (χ4n) is 4.55. The third-order valence-corrected chi connectivity index (χ3v) is 8.98. The molecule has 0 saturated carbocycles. The van der Waals surface area contributed by atoms with Gasteiger partial charge in [-0.2, -0.15) is 0 Å². The Bertz CT molecular complexity index is 1590. The monoisotopic (exact) mass is 704 g/mol. The minimum atomic E-state index is 0.469. The smallest absolute Gasteiger partial charge is 0.0691 e. The normalized spacial score (nSPS) is 12.0. The van der Waals surface area contributed by atoms with Crippen molar-refractivity contribution in [2.45, 2.75) is 149 Å². The van der Waals surface area contributed by atoms with Crippen LogP contribution in [0.5, 0.6) is 0 Å². The fourth-order valence-corrected chi connectivity index (χ4v) is 4.55. The van der Waals surface area contributed by atoms with Crippen molar-refractivity contribution in [2.75, 3.05) is 0 Å². The molecule has 0 heterocycles. The number of benzene rings is 3. The van der Waals surface area contributed by atoms with Gasteiger partial charge in [-0.25, -0.2) is 0 Å². The van der Waals surface area contributed by atoms with E-state index in [1.54, 1.807) is 0 Å². The number of allylic oxidation sites excluding steroid dienone is 7. The van der Waals surface area contributed by atoms with Gasteiger partial charge in [0.25, 0.3) is 0 Å². The quantitative estimate of drug-likeness (QED) is 0.107. The zero-order valence-corrected chi connectivity index (χ0v) is 36.6. The number of hydrogen-bond donors (Lipinski definition) is 0. The highest BCUT2D eigenvalue weighted by Gasteiger charge is 2.07. The van der Waals surface area contributed by atoms with Crippen LogP contribution in [0.1, 0.15) is 153 Å². The van der Waals surface area contributed by atoms with Gasteiger partial charge in [0.15, 0.2) is 0 Å². The molecular weight excluding hydrogens is 627 g/mol. The first-order valence-corrected chi connectivity index (χ1v) is 19.8. The Morgan fingerprint density at radius 2 is 1.25 bits per heavy atom. The van der Waals surface area contributed by atoms with Crippen molar-refractivity contribution in [3.63, 3.8) is 0 Å². The molecule has 3 rings (SSSR count). The summed E-state index contributed by atoms with van der Waals surface area (Å²) in [7, 11) is 0. The summed E-state index contributed by atoms with van der Waals surface area (Å²) in [6.07, 6.45) is 14.2. The van der Waals surface area contributed by atoms with Crippen LogP contribution in [0.3, 0.4) is 0 Å². The molecule has 0 spiro atoms. The van der Waals surface area contributed by atoms with Crippen LogP contribution >= 0.6 is 0 Å². The molecule has 0 amide bonds. The zero-order valence-electron chi connectivity index (χ0n) is 36.6. The van der Waals surface area contributed by atoms with Crippen LogP contribution in [0.4, 0.5) is 0 Å². The molecule has 0 fully saturated rings. The number of rotatable bonds is 11. The second-order valence-corrected chi connectivity index (χ2v) is 13.4. The van der Waals surface area contributed by atoms with Gasteiger partial charge >= 0.3 is 0 Å². The molecule has 0 bridgehead atoms. The lowest BCUT2D eigenvalue weighted by Gasteiger charge is -2.11. The molecule has 1 heteroatoms. The molecule has 0 radical (unpaired) electrons. The van der Waals surface area contributed by atoms with Gasteiger partial charge in [0, 0.05) is 5.71 Å². The van der Waals surface area contributed by atoms with E-state index in [1.807, 2.05) is 33.8 Å². The second kappa shape index (κ2) is 29.6. The number of aryl methyl sites for hydroxylation is 6. The van der Waals surface area contributed by atoms with E-state index in [9.17, 15) is 0 Å². The third-order valence-electron chi connectivity index (χ3n) is 8.98. The average Bonchev–Trinajstić information content (AvgIpc) is 3.16. The third kappa shape index (κ3) is 20.8. The highest BCUT2D eigenvalue weighted by Crippen LogP contribution is 2.26. The predicted octanol–water partition coefficient (Wildman–Crippen LogP) is 16.2. The molecule has 1 nitrogen and oxygen atoms in total.